The molecule has 0 radical (unpaired) electrons. The van der Waals surface area contributed by atoms with Crippen molar-refractivity contribution in [2.24, 2.45) is 5.10 Å². The van der Waals surface area contributed by atoms with Crippen LogP contribution in [-0.2, 0) is 0 Å². The number of halogens is 1. The highest BCUT2D eigenvalue weighted by Crippen LogP contribution is 2.23. The highest BCUT2D eigenvalue weighted by atomic mass is 127. The second-order valence-corrected chi connectivity index (χ2v) is 5.64. The summed E-state index contributed by atoms with van der Waals surface area (Å²) in [7, 11) is 1.38. The number of non-ortho nitro benzene ring substituents is 1. The van der Waals surface area contributed by atoms with E-state index in [2.05, 4.69) is 33.1 Å². The number of nitrogens with zero attached hydrogens (tertiary/aromatic N) is 2. The molecule has 1 N–H and O–H groups in total. The van der Waals surface area contributed by atoms with E-state index in [1.54, 1.807) is 0 Å². The highest BCUT2D eigenvalue weighted by Gasteiger charge is 2.17. The first-order valence-corrected chi connectivity index (χ1v) is 7.50. The van der Waals surface area contributed by atoms with Crippen molar-refractivity contribution in [2.75, 3.05) is 7.11 Å². The molecule has 0 saturated heterocycles. The highest BCUT2D eigenvalue weighted by molar-refractivity contribution is 14.1. The molecule has 118 valence electrons. The number of hydrazone groups is 1. The first-order chi connectivity index (χ1) is 11.0. The van der Waals surface area contributed by atoms with Crippen molar-refractivity contribution in [3.63, 3.8) is 0 Å². The monoisotopic (exact) mass is 425 g/mol. The summed E-state index contributed by atoms with van der Waals surface area (Å²) in [5.41, 5.74) is 3.00. The molecule has 0 aliphatic heterocycles. The van der Waals surface area contributed by atoms with Crippen molar-refractivity contribution in [3.05, 3.63) is 67.3 Å². The smallest absolute Gasteiger partial charge is 0.275 e. The van der Waals surface area contributed by atoms with E-state index in [0.717, 1.165) is 15.2 Å². The van der Waals surface area contributed by atoms with Gasteiger partial charge in [-0.15, -0.1) is 0 Å². The van der Waals surface area contributed by atoms with Crippen LogP contribution in [0.4, 0.5) is 5.69 Å². The lowest BCUT2D eigenvalue weighted by Gasteiger charge is -2.06. The fourth-order valence-corrected chi connectivity index (χ4v) is 2.37. The number of nitro groups is 1. The Balaban J connectivity index is 2.17. The first kappa shape index (κ1) is 16.9. The molecule has 0 atom stereocenters. The van der Waals surface area contributed by atoms with Crippen LogP contribution in [0, 0.1) is 13.7 Å². The van der Waals surface area contributed by atoms with Gasteiger partial charge < -0.3 is 4.74 Å². The number of methoxy groups -OCH3 is 1. The SMILES string of the molecule is COc1ccc([N+](=O)[O-])cc1C(=O)N/N=C\c1cccc(I)c1. The number of rotatable bonds is 5. The Morgan fingerprint density at radius 1 is 1.35 bits per heavy atom. The molecule has 2 aromatic carbocycles. The Labute approximate surface area is 145 Å². The van der Waals surface area contributed by atoms with Crippen LogP contribution in [-0.4, -0.2) is 24.2 Å². The molecule has 0 aliphatic rings. The summed E-state index contributed by atoms with van der Waals surface area (Å²) in [5.74, 6) is -0.356. The lowest BCUT2D eigenvalue weighted by molar-refractivity contribution is -0.384. The van der Waals surface area contributed by atoms with E-state index in [-0.39, 0.29) is 17.0 Å². The number of ether oxygens (including phenoxy) is 1. The van der Waals surface area contributed by atoms with E-state index >= 15 is 0 Å². The first-order valence-electron chi connectivity index (χ1n) is 6.42. The molecule has 0 spiro atoms. The van der Waals surface area contributed by atoms with Gasteiger partial charge in [0.05, 0.1) is 23.8 Å². The van der Waals surface area contributed by atoms with Crippen molar-refractivity contribution in [3.8, 4) is 5.75 Å². The van der Waals surface area contributed by atoms with Crippen LogP contribution in [0.2, 0.25) is 0 Å². The van der Waals surface area contributed by atoms with E-state index in [9.17, 15) is 14.9 Å². The van der Waals surface area contributed by atoms with Crippen LogP contribution < -0.4 is 10.2 Å². The predicted molar refractivity (Wildman–Crippen MR) is 93.9 cm³/mol. The van der Waals surface area contributed by atoms with Crippen molar-refractivity contribution >= 4 is 40.4 Å². The second-order valence-electron chi connectivity index (χ2n) is 4.40. The molecule has 0 aliphatic carbocycles. The van der Waals surface area contributed by atoms with Gasteiger partial charge >= 0.3 is 0 Å². The van der Waals surface area contributed by atoms with Gasteiger partial charge in [0, 0.05) is 15.7 Å². The van der Waals surface area contributed by atoms with Crippen molar-refractivity contribution in [1.29, 1.82) is 0 Å². The minimum Gasteiger partial charge on any atom is -0.496 e. The third kappa shape index (κ3) is 4.49. The zero-order valence-electron chi connectivity index (χ0n) is 12.0. The summed E-state index contributed by atoms with van der Waals surface area (Å²) in [6, 6.07) is 11.3. The lowest BCUT2D eigenvalue weighted by atomic mass is 10.1. The molecule has 0 fully saturated rings. The summed E-state index contributed by atoms with van der Waals surface area (Å²) in [4.78, 5) is 22.4. The molecule has 0 aromatic heterocycles. The van der Waals surface area contributed by atoms with Gasteiger partial charge in [-0.2, -0.15) is 5.10 Å². The van der Waals surface area contributed by atoms with E-state index < -0.39 is 10.8 Å². The van der Waals surface area contributed by atoms with Gasteiger partial charge in [-0.05, 0) is 46.4 Å². The third-order valence-corrected chi connectivity index (χ3v) is 3.54. The minimum absolute atomic E-state index is 0.0430. The molecule has 2 rings (SSSR count). The summed E-state index contributed by atoms with van der Waals surface area (Å²) >= 11 is 2.17. The topological polar surface area (TPSA) is 93.8 Å². The number of hydrogen-bond acceptors (Lipinski definition) is 5. The van der Waals surface area contributed by atoms with Crippen LogP contribution in [0.5, 0.6) is 5.75 Å². The van der Waals surface area contributed by atoms with Gasteiger partial charge in [0.15, 0.2) is 0 Å². The third-order valence-electron chi connectivity index (χ3n) is 2.87. The summed E-state index contributed by atoms with van der Waals surface area (Å²) < 4.78 is 6.09. The van der Waals surface area contributed by atoms with Crippen LogP contribution in [0.25, 0.3) is 0 Å². The molecule has 1 amide bonds. The average Bonchev–Trinajstić information content (AvgIpc) is 2.54. The van der Waals surface area contributed by atoms with Gasteiger partial charge in [0.25, 0.3) is 11.6 Å². The van der Waals surface area contributed by atoms with E-state index in [1.807, 2.05) is 24.3 Å². The van der Waals surface area contributed by atoms with Crippen molar-refractivity contribution in [1.82, 2.24) is 5.43 Å². The molecular formula is C15H12IN3O4. The normalized spacial score (nSPS) is 10.5. The van der Waals surface area contributed by atoms with Gasteiger partial charge in [-0.3, -0.25) is 14.9 Å². The van der Waals surface area contributed by atoms with Crippen LogP contribution in [0.15, 0.2) is 47.6 Å². The maximum Gasteiger partial charge on any atom is 0.275 e. The van der Waals surface area contributed by atoms with Gasteiger partial charge in [-0.25, -0.2) is 5.43 Å². The Hall–Kier alpha value is -2.49. The van der Waals surface area contributed by atoms with Crippen LogP contribution in [0.3, 0.4) is 0 Å². The standard InChI is InChI=1S/C15H12IN3O4/c1-23-14-6-5-12(19(21)22)8-13(14)15(20)18-17-9-10-3-2-4-11(16)7-10/h2-9H,1H3,(H,18,20)/b17-9-. The molecule has 0 bridgehead atoms. The number of hydrogen-bond donors (Lipinski definition) is 1. The predicted octanol–water partition coefficient (Wildman–Crippen LogP) is 2.97. The fraction of sp³-hybridized carbons (Fsp3) is 0.0667. The molecule has 23 heavy (non-hydrogen) atoms. The van der Waals surface area contributed by atoms with Crippen molar-refractivity contribution < 1.29 is 14.5 Å². The Bertz CT molecular complexity index is 777. The number of nitro benzene ring substituents is 1. The molecule has 2 aromatic rings. The summed E-state index contributed by atoms with van der Waals surface area (Å²) in [6.07, 6.45) is 1.49. The summed E-state index contributed by atoms with van der Waals surface area (Å²) in [6.45, 7) is 0. The molecule has 0 unspecified atom stereocenters. The fourth-order valence-electron chi connectivity index (χ4n) is 1.80. The van der Waals surface area contributed by atoms with Crippen LogP contribution >= 0.6 is 22.6 Å². The minimum atomic E-state index is -0.590. The van der Waals surface area contributed by atoms with Gasteiger partial charge in [-0.1, -0.05) is 12.1 Å². The van der Waals surface area contributed by atoms with Crippen molar-refractivity contribution in [2.45, 2.75) is 0 Å². The van der Waals surface area contributed by atoms with Gasteiger partial charge in [0.1, 0.15) is 5.75 Å². The van der Waals surface area contributed by atoms with E-state index in [4.69, 9.17) is 4.74 Å². The second kappa shape index (κ2) is 7.68. The zero-order valence-corrected chi connectivity index (χ0v) is 14.2. The number of amides is 1. The number of benzene rings is 2. The number of carbonyl (C=O) groups excluding carboxylic acids is 1. The maximum atomic E-state index is 12.1. The van der Waals surface area contributed by atoms with Crippen LogP contribution in [0.1, 0.15) is 15.9 Å². The zero-order chi connectivity index (χ0) is 16.8. The summed E-state index contributed by atoms with van der Waals surface area (Å²) in [5, 5.41) is 14.7. The van der Waals surface area contributed by atoms with E-state index in [0.29, 0.717) is 0 Å². The number of nitrogens with one attached hydrogen (secondary N) is 1. The Morgan fingerprint density at radius 2 is 2.13 bits per heavy atom. The largest absolute Gasteiger partial charge is 0.496 e. The lowest BCUT2D eigenvalue weighted by Crippen LogP contribution is -2.18. The quantitative estimate of drug-likeness (QED) is 0.345. The Kier molecular flexibility index (Phi) is 5.63. The number of carbonyl (C=O) groups is 1. The maximum absolute atomic E-state index is 12.1. The Morgan fingerprint density at radius 3 is 2.78 bits per heavy atom. The van der Waals surface area contributed by atoms with E-state index in [1.165, 1.54) is 25.5 Å². The average molecular weight is 425 g/mol. The molecule has 8 heteroatoms. The molecule has 7 nitrogen and oxygen atoms in total. The molecule has 0 saturated carbocycles. The molecular weight excluding hydrogens is 413 g/mol. The van der Waals surface area contributed by atoms with Gasteiger partial charge in [0.2, 0.25) is 0 Å². The molecule has 0 heterocycles.